The summed E-state index contributed by atoms with van der Waals surface area (Å²) in [7, 11) is 3.00. The lowest BCUT2D eigenvalue weighted by atomic mass is 10.0. The van der Waals surface area contributed by atoms with Gasteiger partial charge in [0.1, 0.15) is 29.0 Å². The Bertz CT molecular complexity index is 2020. The van der Waals surface area contributed by atoms with E-state index in [1.807, 2.05) is 6.07 Å². The molecule has 10 nitrogen and oxygen atoms in total. The molecule has 0 atom stereocenters. The molecule has 49 heavy (non-hydrogen) atoms. The molecule has 0 radical (unpaired) electrons. The molecule has 1 aliphatic heterocycles. The summed E-state index contributed by atoms with van der Waals surface area (Å²) in [6, 6.07) is 8.68. The van der Waals surface area contributed by atoms with Gasteiger partial charge in [-0.05, 0) is 48.7 Å². The Morgan fingerprint density at radius 2 is 1.78 bits per heavy atom. The monoisotopic (exact) mass is 714 g/mol. The van der Waals surface area contributed by atoms with Crippen molar-refractivity contribution in [2.45, 2.75) is 31.5 Å². The van der Waals surface area contributed by atoms with Gasteiger partial charge in [-0.2, -0.15) is 18.2 Å². The molecule has 1 aliphatic rings. The normalized spacial score (nSPS) is 14.3. The number of pyridine rings is 1. The fourth-order valence-corrected chi connectivity index (χ4v) is 6.56. The number of methoxy groups -OCH3 is 2. The highest BCUT2D eigenvalue weighted by atomic mass is 35.5. The van der Waals surface area contributed by atoms with Crippen LogP contribution in [-0.4, -0.2) is 76.2 Å². The Kier molecular flexibility index (Phi) is 9.87. The third kappa shape index (κ3) is 7.38. The molecule has 256 valence electrons. The minimum Gasteiger partial charge on any atom is -0.495 e. The van der Waals surface area contributed by atoms with Gasteiger partial charge in [-0.25, -0.2) is 9.97 Å². The first-order valence-electron chi connectivity index (χ1n) is 15.2. The van der Waals surface area contributed by atoms with E-state index in [-0.39, 0.29) is 47.4 Å². The molecule has 0 saturated carbocycles. The summed E-state index contributed by atoms with van der Waals surface area (Å²) in [5.74, 6) is 1.32. The van der Waals surface area contributed by atoms with Crippen molar-refractivity contribution in [3.63, 3.8) is 0 Å². The Morgan fingerprint density at radius 3 is 2.43 bits per heavy atom. The molecular weight excluding hydrogens is 684 g/mol. The van der Waals surface area contributed by atoms with Crippen molar-refractivity contribution >= 4 is 57.3 Å². The molecule has 0 amide bonds. The van der Waals surface area contributed by atoms with Gasteiger partial charge in [0.05, 0.1) is 30.8 Å². The maximum absolute atomic E-state index is 12.8. The van der Waals surface area contributed by atoms with Crippen LogP contribution in [0.1, 0.15) is 18.4 Å². The van der Waals surface area contributed by atoms with Crippen LogP contribution in [0.4, 0.5) is 24.8 Å². The number of ether oxygens (including phenoxy) is 3. The predicted octanol–water partition coefficient (Wildman–Crippen LogP) is 7.72. The Balaban J connectivity index is 1.30. The number of allylic oxidation sites excluding steroid dienone is 1. The summed E-state index contributed by atoms with van der Waals surface area (Å²) < 4.78 is 57.2. The van der Waals surface area contributed by atoms with Crippen LogP contribution in [-0.2, 0) is 11.2 Å². The predicted molar refractivity (Wildman–Crippen MR) is 182 cm³/mol. The number of benzene rings is 2. The van der Waals surface area contributed by atoms with E-state index < -0.39 is 12.7 Å². The summed E-state index contributed by atoms with van der Waals surface area (Å²) >= 11 is 13.5. The first-order valence-corrected chi connectivity index (χ1v) is 16.0. The Hall–Kier alpha value is -4.59. The van der Waals surface area contributed by atoms with Gasteiger partial charge in [0, 0.05) is 66.4 Å². The summed E-state index contributed by atoms with van der Waals surface area (Å²) in [5.41, 5.74) is 3.34. The van der Waals surface area contributed by atoms with Gasteiger partial charge in [0.25, 0.3) is 0 Å². The van der Waals surface area contributed by atoms with Crippen molar-refractivity contribution in [3.05, 3.63) is 77.2 Å². The zero-order chi connectivity index (χ0) is 34.9. The third-order valence-corrected chi connectivity index (χ3v) is 8.95. The van der Waals surface area contributed by atoms with Gasteiger partial charge in [0.2, 0.25) is 5.95 Å². The van der Waals surface area contributed by atoms with E-state index >= 15 is 0 Å². The molecule has 0 aliphatic carbocycles. The van der Waals surface area contributed by atoms with Crippen LogP contribution in [0.15, 0.2) is 61.6 Å². The summed E-state index contributed by atoms with van der Waals surface area (Å²) in [5, 5.41) is 4.46. The lowest BCUT2D eigenvalue weighted by molar-refractivity contribution is -0.149. The van der Waals surface area contributed by atoms with Crippen molar-refractivity contribution < 1.29 is 32.2 Å². The highest BCUT2D eigenvalue weighted by Crippen LogP contribution is 2.47. The number of likely N-dealkylation sites (tertiary alicyclic amines) is 1. The largest absolute Gasteiger partial charge is 0.495 e. The van der Waals surface area contributed by atoms with E-state index in [9.17, 15) is 18.0 Å². The van der Waals surface area contributed by atoms with Gasteiger partial charge in [-0.3, -0.25) is 14.1 Å². The molecule has 3 aromatic heterocycles. The molecule has 1 N–H and O–H groups in total. The number of anilines is 2. The Morgan fingerprint density at radius 1 is 1.06 bits per heavy atom. The number of halogens is 5. The van der Waals surface area contributed by atoms with Crippen LogP contribution in [0.2, 0.25) is 10.0 Å². The van der Waals surface area contributed by atoms with E-state index in [2.05, 4.69) is 21.9 Å². The van der Waals surface area contributed by atoms with Crippen molar-refractivity contribution in [1.82, 2.24) is 24.3 Å². The highest BCUT2D eigenvalue weighted by molar-refractivity contribution is 6.41. The number of nitrogens with zero attached hydrogens (tertiary/aromatic N) is 5. The topological polar surface area (TPSA) is 103 Å². The Labute approximate surface area is 289 Å². The van der Waals surface area contributed by atoms with Crippen molar-refractivity contribution in [2.75, 3.05) is 39.2 Å². The number of hydrogen-bond acceptors (Lipinski definition) is 9. The third-order valence-electron chi connectivity index (χ3n) is 8.20. The van der Waals surface area contributed by atoms with Gasteiger partial charge in [-0.15, -0.1) is 0 Å². The van der Waals surface area contributed by atoms with Crippen LogP contribution in [0.3, 0.4) is 0 Å². The van der Waals surface area contributed by atoms with Crippen LogP contribution in [0.5, 0.6) is 17.2 Å². The van der Waals surface area contributed by atoms with Gasteiger partial charge >= 0.3 is 6.18 Å². The van der Waals surface area contributed by atoms with E-state index in [4.69, 9.17) is 42.4 Å². The second-order valence-corrected chi connectivity index (χ2v) is 12.2. The van der Waals surface area contributed by atoms with Crippen LogP contribution >= 0.6 is 23.2 Å². The van der Waals surface area contributed by atoms with Crippen molar-refractivity contribution in [2.24, 2.45) is 0 Å². The van der Waals surface area contributed by atoms with E-state index in [1.165, 1.54) is 25.2 Å². The summed E-state index contributed by atoms with van der Waals surface area (Å²) in [6.45, 7) is 3.22. The molecule has 15 heteroatoms. The standard InChI is InChI=1S/C34H31Cl2F3N6O4/c1-4-21(46)13-19-14-23(49-22-7-10-44(11-8-22)18-34(37,38)39)5-6-25(19)42-33-41-17-20-15-24(32-40-9-12-45(32)31(20)43-33)28-29(35)26(47-2)16-27(48-3)30(28)36/h4-6,9,12,14-17,22H,1,7-8,10-11,13,18H2,2-3H3,(H,41,42,43). The number of alkyl halides is 3. The maximum atomic E-state index is 12.8. The van der Waals surface area contributed by atoms with Crippen LogP contribution in [0.25, 0.3) is 27.8 Å². The number of piperidine rings is 1. The molecule has 0 unspecified atom stereocenters. The second-order valence-electron chi connectivity index (χ2n) is 11.4. The average molecular weight is 716 g/mol. The molecule has 0 bridgehead atoms. The van der Waals surface area contributed by atoms with Gasteiger partial charge in [-0.1, -0.05) is 29.8 Å². The lowest BCUT2D eigenvalue weighted by Gasteiger charge is -2.32. The molecular formula is C34H31Cl2F3N6O4. The number of imidazole rings is 1. The quantitative estimate of drug-likeness (QED) is 0.138. The fraction of sp³-hybridized carbons (Fsp3) is 0.294. The minimum atomic E-state index is -4.24. The molecule has 1 saturated heterocycles. The second kappa shape index (κ2) is 14.1. The summed E-state index contributed by atoms with van der Waals surface area (Å²) in [4.78, 5) is 27.7. The molecule has 5 aromatic rings. The fourth-order valence-electron chi connectivity index (χ4n) is 5.86. The SMILES string of the molecule is C=CC(=O)Cc1cc(OC2CCN(CC(F)(F)F)CC2)ccc1Nc1ncc2cc(-c3c(Cl)c(OC)cc(OC)c3Cl)c3nccn3c2n1. The molecule has 1 fully saturated rings. The molecule has 2 aromatic carbocycles. The van der Waals surface area contributed by atoms with Gasteiger partial charge < -0.3 is 19.5 Å². The lowest BCUT2D eigenvalue weighted by Crippen LogP contribution is -2.42. The number of aromatic nitrogens is 4. The number of ketones is 1. The maximum Gasteiger partial charge on any atom is 0.401 e. The number of rotatable bonds is 11. The zero-order valence-corrected chi connectivity index (χ0v) is 28.0. The smallest absolute Gasteiger partial charge is 0.401 e. The van der Waals surface area contributed by atoms with Crippen molar-refractivity contribution in [1.29, 1.82) is 0 Å². The minimum absolute atomic E-state index is 0.0291. The van der Waals surface area contributed by atoms with Gasteiger partial charge in [0.15, 0.2) is 11.4 Å². The van der Waals surface area contributed by atoms with Crippen LogP contribution < -0.4 is 19.5 Å². The van der Waals surface area contributed by atoms with Crippen molar-refractivity contribution in [3.8, 4) is 28.4 Å². The van der Waals surface area contributed by atoms with E-state index in [1.54, 1.807) is 47.3 Å². The van der Waals surface area contributed by atoms with Crippen LogP contribution in [0, 0.1) is 0 Å². The van der Waals surface area contributed by atoms with E-state index in [0.29, 0.717) is 69.1 Å². The molecule has 4 heterocycles. The number of carbonyl (C=O) groups excluding carboxylic acids is 1. The molecule has 0 spiro atoms. The highest BCUT2D eigenvalue weighted by Gasteiger charge is 2.33. The first kappa shape index (κ1) is 34.3. The number of hydrogen-bond donors (Lipinski definition) is 1. The van der Waals surface area contributed by atoms with E-state index in [0.717, 1.165) is 0 Å². The number of fused-ring (bicyclic) bond motifs is 3. The molecule has 6 rings (SSSR count). The average Bonchev–Trinajstić information content (AvgIpc) is 3.57. The summed E-state index contributed by atoms with van der Waals surface area (Å²) in [6.07, 6.45) is 2.72. The number of carbonyl (C=O) groups is 1. The zero-order valence-electron chi connectivity index (χ0n) is 26.5. The number of nitrogens with one attached hydrogen (secondary N) is 1. The first-order chi connectivity index (χ1) is 23.5.